The number of aryl methyl sites for hydroxylation is 1. The van der Waals surface area contributed by atoms with E-state index in [2.05, 4.69) is 10.4 Å². The van der Waals surface area contributed by atoms with Crippen molar-refractivity contribution in [3.63, 3.8) is 0 Å². The number of carbonyl (C=O) groups is 1. The lowest BCUT2D eigenvalue weighted by Gasteiger charge is -2.16. The summed E-state index contributed by atoms with van der Waals surface area (Å²) in [7, 11) is 1.74. The van der Waals surface area contributed by atoms with E-state index in [0.717, 1.165) is 16.7 Å². The van der Waals surface area contributed by atoms with E-state index in [4.69, 9.17) is 22.1 Å². The van der Waals surface area contributed by atoms with E-state index in [1.54, 1.807) is 43.0 Å². The van der Waals surface area contributed by atoms with Gasteiger partial charge in [0.15, 0.2) is 0 Å². The molecule has 0 aliphatic rings. The van der Waals surface area contributed by atoms with E-state index in [1.807, 2.05) is 30.3 Å². The Bertz CT molecular complexity index is 922. The van der Waals surface area contributed by atoms with Crippen molar-refractivity contribution in [2.75, 3.05) is 11.1 Å². The fourth-order valence-corrected chi connectivity index (χ4v) is 2.90. The Kier molecular flexibility index (Phi) is 5.14. The number of hydrogen-bond donors (Lipinski definition) is 2. The number of halogens is 1. The van der Waals surface area contributed by atoms with E-state index >= 15 is 0 Å². The molecule has 1 atom stereocenters. The molecule has 1 aromatic heterocycles. The molecule has 0 aliphatic heterocycles. The fraction of sp³-hybridized carbons (Fsp3) is 0.158. The van der Waals surface area contributed by atoms with Crippen molar-refractivity contribution in [3.8, 4) is 11.1 Å². The van der Waals surface area contributed by atoms with Crippen LogP contribution < -0.4 is 11.1 Å². The Balaban J connectivity index is 1.77. The lowest BCUT2D eigenvalue weighted by atomic mass is 10.1. The molecule has 0 aliphatic carbocycles. The molecule has 26 heavy (non-hydrogen) atoms. The van der Waals surface area contributed by atoms with E-state index in [9.17, 15) is 4.79 Å². The standard InChI is InChI=1S/C19H19ClN4O2/c1-12(15-5-3-4-6-17(15)20)26-19(25)23-18-16(11-22-24(18)2)13-7-9-14(21)10-8-13/h3-12H,21H2,1-2H3,(H,23,25)/t12-/m1/s1. The van der Waals surface area contributed by atoms with Gasteiger partial charge in [-0.15, -0.1) is 0 Å². The van der Waals surface area contributed by atoms with Crippen molar-refractivity contribution >= 4 is 29.2 Å². The monoisotopic (exact) mass is 370 g/mol. The first-order valence-corrected chi connectivity index (χ1v) is 8.43. The third-order valence-electron chi connectivity index (χ3n) is 4.01. The highest BCUT2D eigenvalue weighted by Gasteiger charge is 2.18. The zero-order chi connectivity index (χ0) is 18.7. The normalized spacial score (nSPS) is 11.8. The third-order valence-corrected chi connectivity index (χ3v) is 4.35. The molecule has 3 N–H and O–H groups in total. The average Bonchev–Trinajstić information content (AvgIpc) is 2.96. The highest BCUT2D eigenvalue weighted by Crippen LogP contribution is 2.29. The second kappa shape index (κ2) is 7.49. The molecular weight excluding hydrogens is 352 g/mol. The van der Waals surface area contributed by atoms with Gasteiger partial charge in [0.2, 0.25) is 0 Å². The third kappa shape index (κ3) is 3.81. The average molecular weight is 371 g/mol. The lowest BCUT2D eigenvalue weighted by Crippen LogP contribution is -2.18. The number of ether oxygens (including phenoxy) is 1. The maximum atomic E-state index is 12.4. The first-order valence-electron chi connectivity index (χ1n) is 8.05. The molecular formula is C19H19ClN4O2. The van der Waals surface area contributed by atoms with Crippen LogP contribution in [0.4, 0.5) is 16.3 Å². The number of nitrogens with zero attached hydrogens (tertiary/aromatic N) is 2. The Hall–Kier alpha value is -2.99. The van der Waals surface area contributed by atoms with E-state index < -0.39 is 12.2 Å². The molecule has 0 spiro atoms. The number of nitrogen functional groups attached to an aromatic ring is 1. The van der Waals surface area contributed by atoms with Gasteiger partial charge in [0, 0.05) is 28.9 Å². The Morgan fingerprint density at radius 3 is 2.62 bits per heavy atom. The van der Waals surface area contributed by atoms with E-state index in [1.165, 1.54) is 0 Å². The maximum Gasteiger partial charge on any atom is 0.413 e. The smallest absolute Gasteiger partial charge is 0.413 e. The van der Waals surface area contributed by atoms with Crippen molar-refractivity contribution in [2.24, 2.45) is 7.05 Å². The summed E-state index contributed by atoms with van der Waals surface area (Å²) in [5, 5.41) is 7.52. The maximum absolute atomic E-state index is 12.4. The van der Waals surface area contributed by atoms with Crippen molar-refractivity contribution in [2.45, 2.75) is 13.0 Å². The van der Waals surface area contributed by atoms with Crippen molar-refractivity contribution < 1.29 is 9.53 Å². The summed E-state index contributed by atoms with van der Waals surface area (Å²) in [6.07, 6.45) is 0.605. The molecule has 0 saturated heterocycles. The molecule has 0 saturated carbocycles. The minimum Gasteiger partial charge on any atom is -0.441 e. The van der Waals surface area contributed by atoms with Crippen LogP contribution in [-0.2, 0) is 11.8 Å². The molecule has 0 bridgehead atoms. The summed E-state index contributed by atoms with van der Waals surface area (Å²) in [4.78, 5) is 12.4. The minimum atomic E-state index is -0.585. The molecule has 3 aromatic rings. The molecule has 0 unspecified atom stereocenters. The number of anilines is 2. The van der Waals surface area contributed by atoms with Crippen LogP contribution in [0.5, 0.6) is 0 Å². The van der Waals surface area contributed by atoms with Crippen LogP contribution in [0.3, 0.4) is 0 Å². The summed E-state index contributed by atoms with van der Waals surface area (Å²) in [6.45, 7) is 1.77. The molecule has 6 nitrogen and oxygen atoms in total. The number of rotatable bonds is 4. The fourth-order valence-electron chi connectivity index (χ4n) is 2.61. The van der Waals surface area contributed by atoms with Gasteiger partial charge in [-0.1, -0.05) is 41.9 Å². The Morgan fingerprint density at radius 2 is 1.92 bits per heavy atom. The predicted octanol–water partition coefficient (Wildman–Crippen LogP) is 4.63. The topological polar surface area (TPSA) is 82.2 Å². The Labute approximate surface area is 156 Å². The minimum absolute atomic E-state index is 0.489. The zero-order valence-electron chi connectivity index (χ0n) is 14.4. The molecule has 2 aromatic carbocycles. The van der Waals surface area contributed by atoms with Crippen molar-refractivity contribution in [1.82, 2.24) is 9.78 Å². The summed E-state index contributed by atoms with van der Waals surface area (Å²) in [5.74, 6) is 0.533. The first kappa shape index (κ1) is 17.8. The van der Waals surface area contributed by atoms with E-state index in [0.29, 0.717) is 16.5 Å². The highest BCUT2D eigenvalue weighted by atomic mass is 35.5. The lowest BCUT2D eigenvalue weighted by molar-refractivity contribution is 0.121. The molecule has 0 radical (unpaired) electrons. The largest absolute Gasteiger partial charge is 0.441 e. The molecule has 7 heteroatoms. The second-order valence-corrected chi connectivity index (χ2v) is 6.25. The van der Waals surface area contributed by atoms with Crippen molar-refractivity contribution in [1.29, 1.82) is 0 Å². The van der Waals surface area contributed by atoms with Crippen LogP contribution in [0.25, 0.3) is 11.1 Å². The van der Waals surface area contributed by atoms with Crippen LogP contribution in [0.1, 0.15) is 18.6 Å². The first-order chi connectivity index (χ1) is 12.5. The van der Waals surface area contributed by atoms with Gasteiger partial charge < -0.3 is 10.5 Å². The number of carbonyl (C=O) groups excluding carboxylic acids is 1. The predicted molar refractivity (Wildman–Crippen MR) is 103 cm³/mol. The van der Waals surface area contributed by atoms with Crippen LogP contribution in [-0.4, -0.2) is 15.9 Å². The van der Waals surface area contributed by atoms with Crippen LogP contribution in [0.15, 0.2) is 54.7 Å². The number of nitrogens with one attached hydrogen (secondary N) is 1. The number of aromatic nitrogens is 2. The summed E-state index contributed by atoms with van der Waals surface area (Å²) < 4.78 is 7.04. The van der Waals surface area contributed by atoms with Crippen LogP contribution >= 0.6 is 11.6 Å². The van der Waals surface area contributed by atoms with Crippen LogP contribution in [0.2, 0.25) is 5.02 Å². The van der Waals surface area contributed by atoms with Gasteiger partial charge in [0.25, 0.3) is 0 Å². The quantitative estimate of drug-likeness (QED) is 0.656. The van der Waals surface area contributed by atoms with Gasteiger partial charge in [-0.3, -0.25) is 10.00 Å². The Morgan fingerprint density at radius 1 is 1.23 bits per heavy atom. The van der Waals surface area contributed by atoms with Gasteiger partial charge in [-0.25, -0.2) is 4.79 Å². The van der Waals surface area contributed by atoms with Crippen LogP contribution in [0, 0.1) is 0 Å². The number of amides is 1. The summed E-state index contributed by atoms with van der Waals surface area (Å²) in [6, 6.07) is 14.6. The van der Waals surface area contributed by atoms with Gasteiger partial charge in [0.1, 0.15) is 11.9 Å². The summed E-state index contributed by atoms with van der Waals surface area (Å²) in [5.41, 5.74) is 8.80. The second-order valence-electron chi connectivity index (χ2n) is 5.85. The molecule has 3 rings (SSSR count). The van der Waals surface area contributed by atoms with Gasteiger partial charge in [0.05, 0.1) is 6.20 Å². The molecule has 1 heterocycles. The summed E-state index contributed by atoms with van der Waals surface area (Å²) >= 11 is 6.15. The molecule has 1 amide bonds. The number of benzene rings is 2. The van der Waals surface area contributed by atoms with Gasteiger partial charge >= 0.3 is 6.09 Å². The van der Waals surface area contributed by atoms with Gasteiger partial charge in [-0.2, -0.15) is 5.10 Å². The highest BCUT2D eigenvalue weighted by molar-refractivity contribution is 6.31. The number of hydrogen-bond acceptors (Lipinski definition) is 4. The molecule has 134 valence electrons. The van der Waals surface area contributed by atoms with Crippen molar-refractivity contribution in [3.05, 3.63) is 65.3 Å². The zero-order valence-corrected chi connectivity index (χ0v) is 15.2. The number of nitrogens with two attached hydrogens (primary N) is 1. The van der Waals surface area contributed by atoms with Gasteiger partial charge in [-0.05, 0) is 30.7 Å². The SMILES string of the molecule is C[C@@H](OC(=O)Nc1c(-c2ccc(N)cc2)cnn1C)c1ccccc1Cl. The van der Waals surface area contributed by atoms with E-state index in [-0.39, 0.29) is 0 Å². The molecule has 0 fully saturated rings.